The minimum atomic E-state index is -0.122. The standard InChI is InChI=1S/C25H26N6OS/c1-2-22-26-20(18-33-22)17-29-13-15-30(16-14-29)25(32)23-27-24(19-9-5-3-6-10-19)31(28-23)21-11-7-4-8-12-21/h3-12,18H,2,13-17H2,1H3. The van der Waals surface area contributed by atoms with E-state index < -0.39 is 0 Å². The van der Waals surface area contributed by atoms with Gasteiger partial charge in [0, 0.05) is 43.7 Å². The van der Waals surface area contributed by atoms with Gasteiger partial charge < -0.3 is 4.90 Å². The van der Waals surface area contributed by atoms with E-state index in [4.69, 9.17) is 0 Å². The molecule has 1 amide bonds. The summed E-state index contributed by atoms with van der Waals surface area (Å²) in [5, 5.41) is 7.94. The number of nitrogens with zero attached hydrogens (tertiary/aromatic N) is 6. The summed E-state index contributed by atoms with van der Waals surface area (Å²) in [5.41, 5.74) is 2.92. The molecule has 2 aromatic carbocycles. The molecule has 0 aliphatic carbocycles. The summed E-state index contributed by atoms with van der Waals surface area (Å²) in [4.78, 5) is 26.8. The van der Waals surface area contributed by atoms with Crippen LogP contribution in [0.4, 0.5) is 0 Å². The average Bonchev–Trinajstić information content (AvgIpc) is 3.53. The van der Waals surface area contributed by atoms with Crippen molar-refractivity contribution in [1.82, 2.24) is 29.5 Å². The molecule has 8 heteroatoms. The predicted molar refractivity (Wildman–Crippen MR) is 129 cm³/mol. The van der Waals surface area contributed by atoms with E-state index >= 15 is 0 Å². The zero-order valence-electron chi connectivity index (χ0n) is 18.6. The van der Waals surface area contributed by atoms with Crippen molar-refractivity contribution in [2.75, 3.05) is 26.2 Å². The molecule has 0 saturated carbocycles. The molecule has 0 atom stereocenters. The Morgan fingerprint density at radius 1 is 0.939 bits per heavy atom. The summed E-state index contributed by atoms with van der Waals surface area (Å²) in [5.74, 6) is 0.778. The van der Waals surface area contributed by atoms with Gasteiger partial charge in [0.25, 0.3) is 5.91 Å². The highest BCUT2D eigenvalue weighted by atomic mass is 32.1. The number of aromatic nitrogens is 4. The van der Waals surface area contributed by atoms with Crippen molar-refractivity contribution in [2.24, 2.45) is 0 Å². The lowest BCUT2D eigenvalue weighted by Crippen LogP contribution is -2.48. The quantitative estimate of drug-likeness (QED) is 0.438. The summed E-state index contributed by atoms with van der Waals surface area (Å²) in [6, 6.07) is 19.7. The molecule has 0 unspecified atom stereocenters. The van der Waals surface area contributed by atoms with E-state index in [1.165, 1.54) is 5.01 Å². The highest BCUT2D eigenvalue weighted by Gasteiger charge is 2.27. The van der Waals surface area contributed by atoms with Crippen LogP contribution in [0, 0.1) is 0 Å². The number of carbonyl (C=O) groups is 1. The maximum Gasteiger partial charge on any atom is 0.293 e. The number of para-hydroxylation sites is 1. The van der Waals surface area contributed by atoms with Crippen LogP contribution in [-0.2, 0) is 13.0 Å². The number of rotatable bonds is 6. The second-order valence-electron chi connectivity index (χ2n) is 8.03. The maximum atomic E-state index is 13.3. The molecule has 7 nitrogen and oxygen atoms in total. The largest absolute Gasteiger partial charge is 0.333 e. The summed E-state index contributed by atoms with van der Waals surface area (Å²) in [6.07, 6.45) is 0.973. The highest BCUT2D eigenvalue weighted by molar-refractivity contribution is 7.09. The van der Waals surface area contributed by atoms with Crippen LogP contribution in [0.25, 0.3) is 17.1 Å². The molecule has 1 saturated heterocycles. The lowest BCUT2D eigenvalue weighted by Gasteiger charge is -2.33. The number of amides is 1. The summed E-state index contributed by atoms with van der Waals surface area (Å²) >= 11 is 1.72. The first-order chi connectivity index (χ1) is 16.2. The molecule has 0 radical (unpaired) electrons. The van der Waals surface area contributed by atoms with E-state index in [9.17, 15) is 4.79 Å². The fourth-order valence-electron chi connectivity index (χ4n) is 3.99. The van der Waals surface area contributed by atoms with Crippen molar-refractivity contribution in [3.63, 3.8) is 0 Å². The Hall–Kier alpha value is -3.36. The van der Waals surface area contributed by atoms with Crippen LogP contribution in [0.2, 0.25) is 0 Å². The molecule has 1 fully saturated rings. The Balaban J connectivity index is 1.32. The minimum Gasteiger partial charge on any atom is -0.333 e. The van der Waals surface area contributed by atoms with Crippen LogP contribution >= 0.6 is 11.3 Å². The molecule has 0 bridgehead atoms. The first-order valence-corrected chi connectivity index (χ1v) is 12.1. The van der Waals surface area contributed by atoms with Crippen molar-refractivity contribution < 1.29 is 4.79 Å². The third kappa shape index (κ3) is 4.72. The molecule has 0 N–H and O–H groups in total. The van der Waals surface area contributed by atoms with Crippen molar-refractivity contribution in [2.45, 2.75) is 19.9 Å². The lowest BCUT2D eigenvalue weighted by atomic mass is 10.2. The van der Waals surface area contributed by atoms with Gasteiger partial charge in [0.1, 0.15) is 0 Å². The van der Waals surface area contributed by atoms with E-state index in [2.05, 4.69) is 32.3 Å². The number of benzene rings is 2. The Bertz CT molecular complexity index is 1160. The molecule has 1 aliphatic heterocycles. The third-order valence-electron chi connectivity index (χ3n) is 5.78. The van der Waals surface area contributed by atoms with Crippen LogP contribution in [-0.4, -0.2) is 61.6 Å². The van der Waals surface area contributed by atoms with Gasteiger partial charge in [0.05, 0.1) is 16.4 Å². The van der Waals surface area contributed by atoms with Crippen molar-refractivity contribution in [3.05, 3.63) is 82.6 Å². The molecular weight excluding hydrogens is 432 g/mol. The van der Waals surface area contributed by atoms with E-state index in [-0.39, 0.29) is 11.7 Å². The molecule has 1 aliphatic rings. The lowest BCUT2D eigenvalue weighted by molar-refractivity contribution is 0.0615. The highest BCUT2D eigenvalue weighted by Crippen LogP contribution is 2.22. The number of piperazine rings is 1. The second-order valence-corrected chi connectivity index (χ2v) is 8.97. The molecule has 33 heavy (non-hydrogen) atoms. The zero-order valence-corrected chi connectivity index (χ0v) is 19.4. The number of thiazole rings is 1. The van der Waals surface area contributed by atoms with Crippen molar-refractivity contribution in [1.29, 1.82) is 0 Å². The normalized spacial score (nSPS) is 14.5. The monoisotopic (exact) mass is 458 g/mol. The molecular formula is C25H26N6OS. The Labute approximate surface area is 197 Å². The molecule has 2 aromatic heterocycles. The number of hydrogen-bond donors (Lipinski definition) is 0. The summed E-state index contributed by atoms with van der Waals surface area (Å²) in [7, 11) is 0. The van der Waals surface area contributed by atoms with Gasteiger partial charge in [-0.05, 0) is 18.6 Å². The molecule has 3 heterocycles. The van der Waals surface area contributed by atoms with Crippen LogP contribution in [0.5, 0.6) is 0 Å². The van der Waals surface area contributed by atoms with E-state index in [1.54, 1.807) is 16.0 Å². The fourth-order valence-corrected chi connectivity index (χ4v) is 4.73. The Morgan fingerprint density at radius 3 is 2.30 bits per heavy atom. The Kier molecular flexibility index (Phi) is 6.28. The van der Waals surface area contributed by atoms with Gasteiger partial charge in [-0.15, -0.1) is 16.4 Å². The van der Waals surface area contributed by atoms with Gasteiger partial charge >= 0.3 is 0 Å². The number of aryl methyl sites for hydroxylation is 1. The SMILES string of the molecule is CCc1nc(CN2CCN(C(=O)c3nc(-c4ccccc4)n(-c4ccccc4)n3)CC2)cs1. The van der Waals surface area contributed by atoms with Gasteiger partial charge in [0.2, 0.25) is 5.82 Å². The first kappa shape index (κ1) is 21.5. The third-order valence-corrected chi connectivity index (χ3v) is 6.82. The van der Waals surface area contributed by atoms with Crippen LogP contribution in [0.1, 0.15) is 28.2 Å². The summed E-state index contributed by atoms with van der Waals surface area (Å²) in [6.45, 7) is 5.90. The molecule has 4 aromatic rings. The minimum absolute atomic E-state index is 0.122. The first-order valence-electron chi connectivity index (χ1n) is 11.2. The van der Waals surface area contributed by atoms with Gasteiger partial charge in [-0.1, -0.05) is 55.5 Å². The maximum absolute atomic E-state index is 13.3. The fraction of sp³-hybridized carbons (Fsp3) is 0.280. The van der Waals surface area contributed by atoms with E-state index in [0.717, 1.165) is 43.0 Å². The Morgan fingerprint density at radius 2 is 1.64 bits per heavy atom. The van der Waals surface area contributed by atoms with Gasteiger partial charge in [-0.25, -0.2) is 14.6 Å². The van der Waals surface area contributed by atoms with Crippen LogP contribution in [0.3, 0.4) is 0 Å². The second kappa shape index (κ2) is 9.64. The molecule has 168 valence electrons. The predicted octanol–water partition coefficient (Wildman–Crippen LogP) is 3.91. The number of carbonyl (C=O) groups excluding carboxylic acids is 1. The topological polar surface area (TPSA) is 67.2 Å². The van der Waals surface area contributed by atoms with Gasteiger partial charge in [-0.3, -0.25) is 9.69 Å². The van der Waals surface area contributed by atoms with Gasteiger partial charge in [-0.2, -0.15) is 0 Å². The van der Waals surface area contributed by atoms with Crippen LogP contribution in [0.15, 0.2) is 66.0 Å². The molecule has 0 spiro atoms. The van der Waals surface area contributed by atoms with E-state index in [0.29, 0.717) is 18.9 Å². The smallest absolute Gasteiger partial charge is 0.293 e. The average molecular weight is 459 g/mol. The number of hydrogen-bond acceptors (Lipinski definition) is 6. The van der Waals surface area contributed by atoms with Crippen molar-refractivity contribution >= 4 is 17.2 Å². The summed E-state index contributed by atoms with van der Waals surface area (Å²) < 4.78 is 1.76. The van der Waals surface area contributed by atoms with Crippen molar-refractivity contribution in [3.8, 4) is 17.1 Å². The molecule has 5 rings (SSSR count). The van der Waals surface area contributed by atoms with E-state index in [1.807, 2.05) is 65.6 Å². The zero-order chi connectivity index (χ0) is 22.6. The van der Waals surface area contributed by atoms with Crippen LogP contribution < -0.4 is 0 Å². The van der Waals surface area contributed by atoms with Gasteiger partial charge in [0.15, 0.2) is 5.82 Å².